The molecule has 0 spiro atoms. The van der Waals surface area contributed by atoms with Crippen LogP contribution in [0.4, 0.5) is 0 Å². The molecule has 4 bridgehead atoms. The summed E-state index contributed by atoms with van der Waals surface area (Å²) in [6, 6.07) is 42.2. The zero-order valence-corrected chi connectivity index (χ0v) is 25.7. The van der Waals surface area contributed by atoms with Crippen LogP contribution in [0.1, 0.15) is 49.7 Å². The number of hydrogen-bond acceptors (Lipinski definition) is 4. The Kier molecular flexibility index (Phi) is 6.35. The summed E-state index contributed by atoms with van der Waals surface area (Å²) >= 11 is 0. The van der Waals surface area contributed by atoms with Crippen molar-refractivity contribution in [2.75, 3.05) is 0 Å². The second-order valence-corrected chi connectivity index (χ2v) is 13.9. The second-order valence-electron chi connectivity index (χ2n) is 13.9. The molecular weight excluding hydrogens is 560 g/mol. The molecule has 4 nitrogen and oxygen atoms in total. The van der Waals surface area contributed by atoms with Crippen molar-refractivity contribution in [3.63, 3.8) is 0 Å². The van der Waals surface area contributed by atoms with Crippen LogP contribution >= 0.6 is 0 Å². The highest BCUT2D eigenvalue weighted by Gasteiger charge is 2.51. The third-order valence-corrected chi connectivity index (χ3v) is 10.9. The molecule has 0 aliphatic heterocycles. The Morgan fingerprint density at radius 3 is 1.78 bits per heavy atom. The van der Waals surface area contributed by atoms with Crippen LogP contribution in [0.2, 0.25) is 0 Å². The van der Waals surface area contributed by atoms with Crippen molar-refractivity contribution in [1.29, 1.82) is 5.26 Å². The van der Waals surface area contributed by atoms with E-state index in [-0.39, 0.29) is 0 Å². The average Bonchev–Trinajstić information content (AvgIpc) is 3.11. The van der Waals surface area contributed by atoms with Gasteiger partial charge in [0.05, 0.1) is 11.6 Å². The van der Waals surface area contributed by atoms with Crippen molar-refractivity contribution >= 4 is 10.8 Å². The summed E-state index contributed by atoms with van der Waals surface area (Å²) in [5.74, 6) is 4.72. The van der Waals surface area contributed by atoms with E-state index >= 15 is 0 Å². The fourth-order valence-electron chi connectivity index (χ4n) is 9.19. The minimum Gasteiger partial charge on any atom is -0.208 e. The highest BCUT2D eigenvalue weighted by atomic mass is 15.0. The van der Waals surface area contributed by atoms with Gasteiger partial charge in [-0.2, -0.15) is 5.26 Å². The lowest BCUT2D eigenvalue weighted by Gasteiger charge is -2.57. The van der Waals surface area contributed by atoms with Gasteiger partial charge in [0.1, 0.15) is 0 Å². The average molecular weight is 595 g/mol. The SMILES string of the molecule is N#Cc1ccc2cc(-c3nc(-c4ccccc4)nc(-c4ccccc4-c4ccc(C56C[C@H]7C[C@H](C5)C[C@@H](C6)C7)cc4)n3)ccc2c1. The Balaban J connectivity index is 1.13. The maximum absolute atomic E-state index is 9.35. The Hall–Kier alpha value is -5.14. The first-order valence-electron chi connectivity index (χ1n) is 16.6. The Bertz CT molecular complexity index is 2110. The number of nitrogens with zero attached hydrogens (tertiary/aromatic N) is 4. The summed E-state index contributed by atoms with van der Waals surface area (Å²) in [7, 11) is 0. The molecule has 0 amide bonds. The minimum atomic E-state index is 0.385. The van der Waals surface area contributed by atoms with Crippen LogP contribution in [-0.2, 0) is 5.41 Å². The number of benzene rings is 5. The summed E-state index contributed by atoms with van der Waals surface area (Å²) in [5.41, 5.74) is 7.74. The lowest BCUT2D eigenvalue weighted by atomic mass is 9.48. The molecule has 46 heavy (non-hydrogen) atoms. The van der Waals surface area contributed by atoms with Gasteiger partial charge in [-0.25, -0.2) is 15.0 Å². The monoisotopic (exact) mass is 594 g/mol. The van der Waals surface area contributed by atoms with Gasteiger partial charge in [0.15, 0.2) is 17.5 Å². The lowest BCUT2D eigenvalue weighted by molar-refractivity contribution is -0.00518. The van der Waals surface area contributed by atoms with E-state index in [0.29, 0.717) is 28.5 Å². The van der Waals surface area contributed by atoms with Gasteiger partial charge >= 0.3 is 0 Å². The topological polar surface area (TPSA) is 62.5 Å². The maximum atomic E-state index is 9.35. The van der Waals surface area contributed by atoms with E-state index in [9.17, 15) is 5.26 Å². The summed E-state index contributed by atoms with van der Waals surface area (Å²) < 4.78 is 0. The van der Waals surface area contributed by atoms with E-state index in [1.165, 1.54) is 44.1 Å². The van der Waals surface area contributed by atoms with E-state index < -0.39 is 0 Å². The molecular formula is C42H34N4. The quantitative estimate of drug-likeness (QED) is 0.199. The van der Waals surface area contributed by atoms with Gasteiger partial charge in [0.25, 0.3) is 0 Å². The van der Waals surface area contributed by atoms with Gasteiger partial charge in [-0.15, -0.1) is 0 Å². The highest BCUT2D eigenvalue weighted by Crippen LogP contribution is 2.60. The van der Waals surface area contributed by atoms with Crippen LogP contribution in [0.3, 0.4) is 0 Å². The molecule has 1 aromatic heterocycles. The van der Waals surface area contributed by atoms with Gasteiger partial charge in [-0.1, -0.05) is 97.1 Å². The van der Waals surface area contributed by atoms with Crippen molar-refractivity contribution in [2.45, 2.75) is 43.9 Å². The molecule has 1 heterocycles. The standard InChI is InChI=1S/C42H34N4/c43-26-27-10-11-34-22-35(13-12-33(34)21-27)40-44-39(32-6-2-1-3-7-32)45-41(46-40)38-9-5-4-8-37(38)31-14-16-36(17-15-31)42-23-28-18-29(24-42)20-30(19-28)25-42/h1-17,21-22,28-30H,18-20,23-25H2/t28-,29-,30-,42?. The predicted molar refractivity (Wildman–Crippen MR) is 184 cm³/mol. The van der Waals surface area contributed by atoms with Gasteiger partial charge in [-0.05, 0) is 107 Å². The largest absolute Gasteiger partial charge is 0.208 e. The fourth-order valence-corrected chi connectivity index (χ4v) is 9.19. The number of hydrogen-bond donors (Lipinski definition) is 0. The Morgan fingerprint density at radius 1 is 0.522 bits per heavy atom. The van der Waals surface area contributed by atoms with Crippen molar-refractivity contribution in [3.05, 3.63) is 126 Å². The molecule has 4 heteroatoms. The molecule has 0 unspecified atom stereocenters. The number of aromatic nitrogens is 3. The molecule has 5 aromatic carbocycles. The van der Waals surface area contributed by atoms with Crippen molar-refractivity contribution in [3.8, 4) is 51.4 Å². The fraction of sp³-hybridized carbons (Fsp3) is 0.238. The molecule has 4 saturated carbocycles. The maximum Gasteiger partial charge on any atom is 0.164 e. The third kappa shape index (κ3) is 4.70. The summed E-state index contributed by atoms with van der Waals surface area (Å²) in [5, 5.41) is 11.4. The summed E-state index contributed by atoms with van der Waals surface area (Å²) in [6.07, 6.45) is 8.51. The van der Waals surface area contributed by atoms with Crippen LogP contribution in [0, 0.1) is 29.1 Å². The Labute approximate surface area is 269 Å². The van der Waals surface area contributed by atoms with Gasteiger partial charge in [0, 0.05) is 16.7 Å². The number of rotatable bonds is 5. The molecule has 0 atom stereocenters. The molecule has 10 rings (SSSR count). The van der Waals surface area contributed by atoms with E-state index in [1.54, 1.807) is 5.56 Å². The van der Waals surface area contributed by atoms with E-state index in [4.69, 9.17) is 15.0 Å². The van der Waals surface area contributed by atoms with Crippen LogP contribution in [0.15, 0.2) is 115 Å². The molecule has 4 aliphatic rings. The molecule has 222 valence electrons. The number of nitriles is 1. The zero-order valence-electron chi connectivity index (χ0n) is 25.7. The normalized spacial score (nSPS) is 23.0. The minimum absolute atomic E-state index is 0.385. The van der Waals surface area contributed by atoms with Crippen LogP contribution < -0.4 is 0 Å². The van der Waals surface area contributed by atoms with Gasteiger partial charge in [-0.3, -0.25) is 0 Å². The van der Waals surface area contributed by atoms with E-state index in [2.05, 4.69) is 60.7 Å². The van der Waals surface area contributed by atoms with Crippen molar-refractivity contribution in [2.24, 2.45) is 17.8 Å². The molecule has 0 saturated heterocycles. The Morgan fingerprint density at radius 2 is 1.09 bits per heavy atom. The first kappa shape index (κ1) is 27.2. The summed E-state index contributed by atoms with van der Waals surface area (Å²) in [6.45, 7) is 0. The third-order valence-electron chi connectivity index (χ3n) is 10.9. The van der Waals surface area contributed by atoms with Crippen LogP contribution in [-0.4, -0.2) is 15.0 Å². The molecule has 0 radical (unpaired) electrons. The van der Waals surface area contributed by atoms with E-state index in [1.807, 2.05) is 60.7 Å². The van der Waals surface area contributed by atoms with Crippen LogP contribution in [0.25, 0.3) is 56.1 Å². The second kappa shape index (κ2) is 10.7. The predicted octanol–water partition coefficient (Wildman–Crippen LogP) is 10.0. The highest BCUT2D eigenvalue weighted by molar-refractivity contribution is 5.88. The smallest absolute Gasteiger partial charge is 0.164 e. The van der Waals surface area contributed by atoms with Crippen molar-refractivity contribution < 1.29 is 0 Å². The molecule has 0 N–H and O–H groups in total. The van der Waals surface area contributed by atoms with Gasteiger partial charge < -0.3 is 0 Å². The molecule has 6 aromatic rings. The lowest BCUT2D eigenvalue weighted by Crippen LogP contribution is -2.48. The van der Waals surface area contributed by atoms with E-state index in [0.717, 1.165) is 50.8 Å². The molecule has 4 fully saturated rings. The first-order chi connectivity index (χ1) is 22.6. The zero-order chi connectivity index (χ0) is 30.7. The van der Waals surface area contributed by atoms with Crippen LogP contribution in [0.5, 0.6) is 0 Å². The molecule has 4 aliphatic carbocycles. The van der Waals surface area contributed by atoms with Gasteiger partial charge in [0.2, 0.25) is 0 Å². The number of fused-ring (bicyclic) bond motifs is 1. The van der Waals surface area contributed by atoms with Crippen molar-refractivity contribution in [1.82, 2.24) is 15.0 Å². The summed E-state index contributed by atoms with van der Waals surface area (Å²) in [4.78, 5) is 15.1. The first-order valence-corrected chi connectivity index (χ1v) is 16.6.